The highest BCUT2D eigenvalue weighted by Gasteiger charge is 2.14. The summed E-state index contributed by atoms with van der Waals surface area (Å²) in [5.74, 6) is 3.24. The molecule has 3 rings (SSSR count). The first-order valence-electron chi connectivity index (χ1n) is 8.81. The van der Waals surface area contributed by atoms with Gasteiger partial charge in [-0.1, -0.05) is 0 Å². The molecule has 2 aliphatic heterocycles. The number of fused-ring (bicyclic) bond motifs is 1. The van der Waals surface area contributed by atoms with Crippen LogP contribution in [0.4, 0.5) is 0 Å². The number of halogens is 1. The van der Waals surface area contributed by atoms with Gasteiger partial charge in [-0.15, -0.1) is 24.2 Å². The molecule has 1 aromatic rings. The van der Waals surface area contributed by atoms with Gasteiger partial charge >= 0.3 is 0 Å². The summed E-state index contributed by atoms with van der Waals surface area (Å²) in [7, 11) is 0. The largest absolute Gasteiger partial charge is 0.486 e. The van der Waals surface area contributed by atoms with E-state index in [9.17, 15) is 4.79 Å². The molecule has 1 atom stereocenters. The number of rotatable bonds is 7. The minimum absolute atomic E-state index is 0. The Hall–Kier alpha value is -1.11. The van der Waals surface area contributed by atoms with E-state index in [1.54, 1.807) is 11.8 Å². The lowest BCUT2D eigenvalue weighted by atomic mass is 9.96. The molecular formula is C18H27ClN2O3S. The van der Waals surface area contributed by atoms with Gasteiger partial charge in [0.2, 0.25) is 5.91 Å². The van der Waals surface area contributed by atoms with Crippen molar-refractivity contribution in [2.45, 2.75) is 30.6 Å². The molecule has 1 amide bonds. The van der Waals surface area contributed by atoms with Gasteiger partial charge in [-0.05, 0) is 56.5 Å². The molecule has 2 aliphatic rings. The van der Waals surface area contributed by atoms with Crippen molar-refractivity contribution in [3.63, 3.8) is 0 Å². The first-order valence-corrected chi connectivity index (χ1v) is 9.80. The first-order chi connectivity index (χ1) is 11.8. The Bertz CT molecular complexity index is 553. The summed E-state index contributed by atoms with van der Waals surface area (Å²) >= 11 is 1.68. The van der Waals surface area contributed by atoms with Crippen molar-refractivity contribution >= 4 is 30.1 Å². The van der Waals surface area contributed by atoms with Crippen molar-refractivity contribution in [3.05, 3.63) is 18.2 Å². The summed E-state index contributed by atoms with van der Waals surface area (Å²) in [6.07, 6.45) is 4.16. The number of nitrogens with one attached hydrogen (secondary N) is 2. The molecule has 25 heavy (non-hydrogen) atoms. The highest BCUT2D eigenvalue weighted by atomic mass is 35.5. The average Bonchev–Trinajstić information content (AvgIpc) is 2.62. The molecule has 2 N–H and O–H groups in total. The van der Waals surface area contributed by atoms with Crippen molar-refractivity contribution in [1.82, 2.24) is 10.6 Å². The van der Waals surface area contributed by atoms with E-state index in [0.29, 0.717) is 25.6 Å². The van der Waals surface area contributed by atoms with E-state index in [2.05, 4.69) is 10.6 Å². The smallest absolute Gasteiger partial charge is 0.220 e. The third-order valence-corrected chi connectivity index (χ3v) is 5.38. The fraction of sp³-hybridized carbons (Fsp3) is 0.611. The zero-order valence-electron chi connectivity index (χ0n) is 14.4. The summed E-state index contributed by atoms with van der Waals surface area (Å²) < 4.78 is 11.1. The van der Waals surface area contributed by atoms with Crippen molar-refractivity contribution in [2.75, 3.05) is 38.6 Å². The van der Waals surface area contributed by atoms with Crippen LogP contribution in [0.15, 0.2) is 23.1 Å². The van der Waals surface area contributed by atoms with Crippen LogP contribution in [0.5, 0.6) is 11.5 Å². The Kier molecular flexibility index (Phi) is 8.72. The van der Waals surface area contributed by atoms with E-state index in [-0.39, 0.29) is 18.3 Å². The Morgan fingerprint density at radius 1 is 1.28 bits per heavy atom. The second kappa shape index (κ2) is 10.8. The van der Waals surface area contributed by atoms with Crippen molar-refractivity contribution in [3.8, 4) is 11.5 Å². The van der Waals surface area contributed by atoms with Gasteiger partial charge in [0, 0.05) is 23.6 Å². The van der Waals surface area contributed by atoms with Gasteiger partial charge in [0.1, 0.15) is 13.2 Å². The lowest BCUT2D eigenvalue weighted by Gasteiger charge is -2.22. The Labute approximate surface area is 160 Å². The third-order valence-electron chi connectivity index (χ3n) is 4.39. The molecule has 1 saturated heterocycles. The monoisotopic (exact) mass is 386 g/mol. The quantitative estimate of drug-likeness (QED) is 0.705. The molecule has 0 radical (unpaired) electrons. The van der Waals surface area contributed by atoms with E-state index < -0.39 is 0 Å². The van der Waals surface area contributed by atoms with Gasteiger partial charge in [0.05, 0.1) is 0 Å². The van der Waals surface area contributed by atoms with Gasteiger partial charge in [0.15, 0.2) is 11.5 Å². The highest BCUT2D eigenvalue weighted by molar-refractivity contribution is 7.99. The minimum Gasteiger partial charge on any atom is -0.486 e. The van der Waals surface area contributed by atoms with E-state index in [1.165, 1.54) is 12.8 Å². The van der Waals surface area contributed by atoms with Crippen molar-refractivity contribution < 1.29 is 14.3 Å². The number of hydrogen-bond acceptors (Lipinski definition) is 5. The maximum absolute atomic E-state index is 11.9. The standard InChI is InChI=1S/C18H26N2O3S.ClH/c21-18(20-8-5-14-2-1-7-19-13-14)6-11-24-15-3-4-16-17(12-15)23-10-9-22-16;/h3-4,12,14,19H,1-2,5-11,13H2,(H,20,21);1H. The summed E-state index contributed by atoms with van der Waals surface area (Å²) in [5.41, 5.74) is 0. The maximum atomic E-state index is 11.9. The summed E-state index contributed by atoms with van der Waals surface area (Å²) in [6, 6.07) is 5.95. The molecule has 5 nitrogen and oxygen atoms in total. The van der Waals surface area contributed by atoms with Crippen LogP contribution < -0.4 is 20.1 Å². The zero-order chi connectivity index (χ0) is 16.6. The fourth-order valence-corrected chi connectivity index (χ4v) is 3.93. The molecule has 1 aromatic carbocycles. The summed E-state index contributed by atoms with van der Waals surface area (Å²) in [6.45, 7) is 4.23. The topological polar surface area (TPSA) is 59.6 Å². The average molecular weight is 387 g/mol. The lowest BCUT2D eigenvalue weighted by molar-refractivity contribution is -0.120. The molecule has 0 bridgehead atoms. The summed E-state index contributed by atoms with van der Waals surface area (Å²) in [5, 5.41) is 6.45. The second-order valence-electron chi connectivity index (χ2n) is 6.25. The van der Waals surface area contributed by atoms with Gasteiger partial charge in [0.25, 0.3) is 0 Å². The number of ether oxygens (including phenoxy) is 2. The predicted octanol–water partition coefficient (Wildman–Crippen LogP) is 2.87. The van der Waals surface area contributed by atoms with Crippen molar-refractivity contribution in [1.29, 1.82) is 0 Å². The lowest BCUT2D eigenvalue weighted by Crippen LogP contribution is -2.33. The van der Waals surface area contributed by atoms with Gasteiger partial charge in [-0.2, -0.15) is 0 Å². The van der Waals surface area contributed by atoms with Crippen LogP contribution in [-0.4, -0.2) is 44.5 Å². The van der Waals surface area contributed by atoms with Crippen LogP contribution >= 0.6 is 24.2 Å². The summed E-state index contributed by atoms with van der Waals surface area (Å²) in [4.78, 5) is 13.0. The van der Waals surface area contributed by atoms with Crippen molar-refractivity contribution in [2.24, 2.45) is 5.92 Å². The Morgan fingerprint density at radius 2 is 2.12 bits per heavy atom. The molecule has 2 heterocycles. The molecule has 0 aliphatic carbocycles. The molecule has 1 unspecified atom stereocenters. The maximum Gasteiger partial charge on any atom is 0.220 e. The van der Waals surface area contributed by atoms with E-state index in [0.717, 1.165) is 48.2 Å². The second-order valence-corrected chi connectivity index (χ2v) is 7.42. The predicted molar refractivity (Wildman–Crippen MR) is 103 cm³/mol. The fourth-order valence-electron chi connectivity index (χ4n) is 3.05. The third kappa shape index (κ3) is 6.60. The van der Waals surface area contributed by atoms with Crippen LogP contribution in [0.3, 0.4) is 0 Å². The number of thioether (sulfide) groups is 1. The molecule has 140 valence electrons. The van der Waals surface area contributed by atoms with Gasteiger partial charge in [-0.3, -0.25) is 4.79 Å². The van der Waals surface area contributed by atoms with Gasteiger partial charge < -0.3 is 20.1 Å². The number of hydrogen-bond donors (Lipinski definition) is 2. The normalized spacial score (nSPS) is 19.0. The van der Waals surface area contributed by atoms with E-state index in [1.807, 2.05) is 18.2 Å². The van der Waals surface area contributed by atoms with Crippen LogP contribution in [0.25, 0.3) is 0 Å². The molecule has 1 fully saturated rings. The molecule has 0 spiro atoms. The molecular weight excluding hydrogens is 360 g/mol. The molecule has 7 heteroatoms. The van der Waals surface area contributed by atoms with Crippen LogP contribution in [-0.2, 0) is 4.79 Å². The van der Waals surface area contributed by atoms with E-state index in [4.69, 9.17) is 9.47 Å². The number of benzene rings is 1. The SMILES string of the molecule is Cl.O=C(CCSc1ccc2c(c1)OCCO2)NCCC1CCCNC1. The minimum atomic E-state index is 0. The van der Waals surface area contributed by atoms with Crippen LogP contribution in [0.1, 0.15) is 25.7 Å². The van der Waals surface area contributed by atoms with Crippen LogP contribution in [0, 0.1) is 5.92 Å². The molecule has 0 saturated carbocycles. The van der Waals surface area contributed by atoms with E-state index >= 15 is 0 Å². The number of piperidine rings is 1. The Morgan fingerprint density at radius 3 is 2.92 bits per heavy atom. The zero-order valence-corrected chi connectivity index (χ0v) is 16.1. The van der Waals surface area contributed by atoms with Crippen LogP contribution in [0.2, 0.25) is 0 Å². The number of carbonyl (C=O) groups excluding carboxylic acids is 1. The number of amides is 1. The first kappa shape index (κ1) is 20.2. The Balaban J connectivity index is 0.00000225. The number of carbonyl (C=O) groups is 1. The highest BCUT2D eigenvalue weighted by Crippen LogP contribution is 2.34. The molecule has 0 aromatic heterocycles. The van der Waals surface area contributed by atoms with Gasteiger partial charge in [-0.25, -0.2) is 0 Å².